The number of carbonyl (C=O) groups excluding carboxylic acids is 1. The summed E-state index contributed by atoms with van der Waals surface area (Å²) in [6.07, 6.45) is 9.25. The number of rotatable bonds is 7. The molecule has 2 saturated carbocycles. The van der Waals surface area contributed by atoms with Crippen LogP contribution in [0.1, 0.15) is 57.1 Å². The largest absolute Gasteiger partial charge is 0.356 e. The Kier molecular flexibility index (Phi) is 5.28. The van der Waals surface area contributed by atoms with Gasteiger partial charge in [-0.3, -0.25) is 13.9 Å². The summed E-state index contributed by atoms with van der Waals surface area (Å²) in [5.41, 5.74) is 1.14. The third-order valence-corrected chi connectivity index (χ3v) is 5.13. The molecule has 1 amide bonds. The first-order valence-electron chi connectivity index (χ1n) is 8.89. The van der Waals surface area contributed by atoms with E-state index in [0.717, 1.165) is 25.1 Å². The van der Waals surface area contributed by atoms with E-state index in [1.807, 2.05) is 4.68 Å². The molecule has 3 rings (SSSR count). The van der Waals surface area contributed by atoms with Gasteiger partial charge in [0.2, 0.25) is 5.91 Å². The Morgan fingerprint density at radius 3 is 2.91 bits per heavy atom. The third kappa shape index (κ3) is 4.52. The van der Waals surface area contributed by atoms with Crippen LogP contribution in [-0.2, 0) is 11.3 Å². The van der Waals surface area contributed by atoms with Crippen molar-refractivity contribution in [1.29, 1.82) is 0 Å². The second-order valence-electron chi connectivity index (χ2n) is 7.34. The van der Waals surface area contributed by atoms with E-state index in [1.54, 1.807) is 6.92 Å². The maximum Gasteiger partial charge on any atom is 0.225 e. The van der Waals surface area contributed by atoms with Crippen molar-refractivity contribution < 1.29 is 9.18 Å². The van der Waals surface area contributed by atoms with Crippen LogP contribution in [0.3, 0.4) is 0 Å². The second-order valence-corrected chi connectivity index (χ2v) is 7.34. The maximum atomic E-state index is 12.5. The molecule has 128 valence electrons. The maximum absolute atomic E-state index is 12.5. The molecule has 0 bridgehead atoms. The van der Waals surface area contributed by atoms with Gasteiger partial charge in [0.25, 0.3) is 0 Å². The molecule has 0 radical (unpaired) electrons. The molecule has 0 aromatic carbocycles. The molecule has 1 unspecified atom stereocenters. The molecule has 5 nitrogen and oxygen atoms in total. The van der Waals surface area contributed by atoms with Gasteiger partial charge in [-0.05, 0) is 43.9 Å². The summed E-state index contributed by atoms with van der Waals surface area (Å²) >= 11 is 0. The molecular weight excluding hydrogens is 295 g/mol. The number of alkyl halides is 1. The lowest BCUT2D eigenvalue weighted by molar-refractivity contribution is -0.125. The van der Waals surface area contributed by atoms with E-state index in [2.05, 4.69) is 21.8 Å². The summed E-state index contributed by atoms with van der Waals surface area (Å²) in [4.78, 5) is 11.7. The number of aromatic nitrogens is 3. The van der Waals surface area contributed by atoms with Gasteiger partial charge < -0.3 is 5.32 Å². The average molecular weight is 322 g/mol. The van der Waals surface area contributed by atoms with Crippen LogP contribution in [0.15, 0.2) is 6.20 Å². The summed E-state index contributed by atoms with van der Waals surface area (Å²) in [5, 5.41) is 11.4. The lowest BCUT2D eigenvalue weighted by atomic mass is 9.81. The van der Waals surface area contributed by atoms with Crippen molar-refractivity contribution in [1.82, 2.24) is 20.3 Å². The van der Waals surface area contributed by atoms with E-state index >= 15 is 0 Å². The van der Waals surface area contributed by atoms with Crippen molar-refractivity contribution in [2.75, 3.05) is 13.2 Å². The zero-order chi connectivity index (χ0) is 16.2. The van der Waals surface area contributed by atoms with E-state index in [0.29, 0.717) is 24.3 Å². The van der Waals surface area contributed by atoms with E-state index < -0.39 is 12.6 Å². The number of nitrogens with one attached hydrogen (secondary N) is 1. The predicted molar refractivity (Wildman–Crippen MR) is 85.6 cm³/mol. The molecule has 1 aromatic rings. The standard InChI is InChI=1S/C17H27FN4O/c1-12(8-18)17(23)19-9-13-3-2-4-14(7-13)10-22-11-16(20-21-22)15-5-6-15/h11-15H,2-10H2,1H3,(H,19,23)/t12?,13-,14+/m1/s1. The van der Waals surface area contributed by atoms with Gasteiger partial charge in [0.05, 0.1) is 11.6 Å². The number of carbonyl (C=O) groups is 1. The molecule has 6 heteroatoms. The fourth-order valence-electron chi connectivity index (χ4n) is 3.48. The minimum Gasteiger partial charge on any atom is -0.356 e. The highest BCUT2D eigenvalue weighted by Crippen LogP contribution is 2.38. The number of amides is 1. The molecule has 2 aliphatic carbocycles. The van der Waals surface area contributed by atoms with Crippen LogP contribution in [0, 0.1) is 17.8 Å². The molecule has 0 spiro atoms. The Labute approximate surface area is 137 Å². The Hall–Kier alpha value is -1.46. The van der Waals surface area contributed by atoms with E-state index in [9.17, 15) is 9.18 Å². The van der Waals surface area contributed by atoms with E-state index in [4.69, 9.17) is 0 Å². The van der Waals surface area contributed by atoms with Gasteiger partial charge in [0.1, 0.15) is 6.67 Å². The number of hydrogen-bond acceptors (Lipinski definition) is 3. The van der Waals surface area contributed by atoms with Crippen molar-refractivity contribution in [3.8, 4) is 0 Å². The number of halogens is 1. The average Bonchev–Trinajstić information content (AvgIpc) is 3.32. The highest BCUT2D eigenvalue weighted by Gasteiger charge is 2.28. The first-order valence-corrected chi connectivity index (χ1v) is 8.89. The van der Waals surface area contributed by atoms with Crippen molar-refractivity contribution in [2.45, 2.75) is 57.9 Å². The Morgan fingerprint density at radius 2 is 2.17 bits per heavy atom. The van der Waals surface area contributed by atoms with Gasteiger partial charge in [0, 0.05) is 25.2 Å². The topological polar surface area (TPSA) is 59.8 Å². The van der Waals surface area contributed by atoms with Crippen LogP contribution in [0.4, 0.5) is 4.39 Å². The van der Waals surface area contributed by atoms with Gasteiger partial charge in [-0.15, -0.1) is 5.10 Å². The number of nitrogens with zero attached hydrogens (tertiary/aromatic N) is 3. The van der Waals surface area contributed by atoms with E-state index in [1.165, 1.54) is 25.7 Å². The smallest absolute Gasteiger partial charge is 0.225 e. The highest BCUT2D eigenvalue weighted by molar-refractivity contribution is 5.78. The molecule has 1 aromatic heterocycles. The van der Waals surface area contributed by atoms with Crippen molar-refractivity contribution in [2.24, 2.45) is 17.8 Å². The Balaban J connectivity index is 1.44. The summed E-state index contributed by atoms with van der Waals surface area (Å²) in [7, 11) is 0. The molecule has 0 saturated heterocycles. The van der Waals surface area contributed by atoms with Crippen LogP contribution in [0.5, 0.6) is 0 Å². The lowest BCUT2D eigenvalue weighted by Crippen LogP contribution is -2.36. The van der Waals surface area contributed by atoms with Crippen LogP contribution in [-0.4, -0.2) is 34.1 Å². The molecule has 2 aliphatic rings. The van der Waals surface area contributed by atoms with Crippen LogP contribution in [0.2, 0.25) is 0 Å². The zero-order valence-electron chi connectivity index (χ0n) is 13.9. The molecule has 0 aliphatic heterocycles. The second kappa shape index (κ2) is 7.41. The van der Waals surface area contributed by atoms with Gasteiger partial charge in [-0.1, -0.05) is 18.6 Å². The first-order chi connectivity index (χ1) is 11.2. The van der Waals surface area contributed by atoms with Gasteiger partial charge >= 0.3 is 0 Å². The summed E-state index contributed by atoms with van der Waals surface area (Å²) < 4.78 is 14.5. The van der Waals surface area contributed by atoms with E-state index in [-0.39, 0.29) is 5.91 Å². The van der Waals surface area contributed by atoms with Crippen LogP contribution < -0.4 is 5.32 Å². The van der Waals surface area contributed by atoms with Crippen LogP contribution in [0.25, 0.3) is 0 Å². The fraction of sp³-hybridized carbons (Fsp3) is 0.824. The molecule has 1 N–H and O–H groups in total. The minimum atomic E-state index is -0.589. The minimum absolute atomic E-state index is 0.167. The van der Waals surface area contributed by atoms with Crippen molar-refractivity contribution in [3.05, 3.63) is 11.9 Å². The van der Waals surface area contributed by atoms with Crippen molar-refractivity contribution >= 4 is 5.91 Å². The van der Waals surface area contributed by atoms with Crippen LogP contribution >= 0.6 is 0 Å². The summed E-state index contributed by atoms with van der Waals surface area (Å²) in [6, 6.07) is 0. The summed E-state index contributed by atoms with van der Waals surface area (Å²) in [6.45, 7) is 2.63. The quantitative estimate of drug-likeness (QED) is 0.839. The summed E-state index contributed by atoms with van der Waals surface area (Å²) in [5.74, 6) is 1.04. The lowest BCUT2D eigenvalue weighted by Gasteiger charge is -2.29. The molecule has 3 atom stereocenters. The third-order valence-electron chi connectivity index (χ3n) is 5.13. The monoisotopic (exact) mass is 322 g/mol. The van der Waals surface area contributed by atoms with Gasteiger partial charge in [-0.2, -0.15) is 0 Å². The first kappa shape index (κ1) is 16.4. The predicted octanol–water partition coefficient (Wildman–Crippen LogP) is 2.68. The van der Waals surface area contributed by atoms with Crippen molar-refractivity contribution in [3.63, 3.8) is 0 Å². The molecular formula is C17H27FN4O. The SMILES string of the molecule is CC(CF)C(=O)NC[C@@H]1CCC[C@H](Cn2cc(C3CC3)nn2)C1. The molecule has 2 fully saturated rings. The Morgan fingerprint density at radius 1 is 1.39 bits per heavy atom. The number of hydrogen-bond donors (Lipinski definition) is 1. The van der Waals surface area contributed by atoms with Gasteiger partial charge in [0.15, 0.2) is 0 Å². The molecule has 23 heavy (non-hydrogen) atoms. The Bertz CT molecular complexity index is 528. The highest BCUT2D eigenvalue weighted by atomic mass is 19.1. The fourth-order valence-corrected chi connectivity index (χ4v) is 3.48. The normalized spacial score (nSPS) is 26.0. The zero-order valence-corrected chi connectivity index (χ0v) is 13.9. The van der Waals surface area contributed by atoms with Gasteiger partial charge in [-0.25, -0.2) is 0 Å². The molecule has 1 heterocycles.